The van der Waals surface area contributed by atoms with Gasteiger partial charge in [0.15, 0.2) is 0 Å². The van der Waals surface area contributed by atoms with Crippen LogP contribution in [0.2, 0.25) is 0 Å². The topological polar surface area (TPSA) is 87.6 Å². The highest BCUT2D eigenvalue weighted by molar-refractivity contribution is 7.92. The van der Waals surface area contributed by atoms with Crippen LogP contribution in [0, 0.1) is 0 Å². The van der Waals surface area contributed by atoms with Crippen LogP contribution < -0.4 is 10.1 Å². The van der Waals surface area contributed by atoms with E-state index in [1.165, 1.54) is 36.4 Å². The minimum absolute atomic E-state index is 0.169. The van der Waals surface area contributed by atoms with Gasteiger partial charge in [-0.25, -0.2) is 13.8 Å². The standard InChI is InChI=1S/C20H17N3O3S/c24-20(22-21-15-16-7-3-1-4-8-16)17-11-13-18(14-12-17)23-27(25,26)19-9-5-2-6-10-19/h1-15,23H,(H,22,24)/b21-15-. The first-order chi connectivity index (χ1) is 13.0. The summed E-state index contributed by atoms with van der Waals surface area (Å²) in [5.74, 6) is -0.389. The average molecular weight is 379 g/mol. The molecular weight excluding hydrogens is 362 g/mol. The third kappa shape index (κ3) is 5.02. The Morgan fingerprint density at radius 2 is 1.41 bits per heavy atom. The summed E-state index contributed by atoms with van der Waals surface area (Å²) in [7, 11) is -3.67. The van der Waals surface area contributed by atoms with Gasteiger partial charge < -0.3 is 0 Å². The molecule has 136 valence electrons. The molecular formula is C20H17N3O3S. The van der Waals surface area contributed by atoms with E-state index in [4.69, 9.17) is 0 Å². The number of benzene rings is 3. The lowest BCUT2D eigenvalue weighted by Crippen LogP contribution is -2.18. The Bertz CT molecular complexity index is 1030. The second-order valence-electron chi connectivity index (χ2n) is 5.61. The van der Waals surface area contributed by atoms with Gasteiger partial charge in [-0.1, -0.05) is 48.5 Å². The number of hydrazone groups is 1. The maximum Gasteiger partial charge on any atom is 0.271 e. The van der Waals surface area contributed by atoms with Crippen molar-refractivity contribution in [2.45, 2.75) is 4.90 Å². The van der Waals surface area contributed by atoms with Crippen molar-refractivity contribution in [2.75, 3.05) is 4.72 Å². The number of anilines is 1. The monoisotopic (exact) mass is 379 g/mol. The van der Waals surface area contributed by atoms with Crippen molar-refractivity contribution in [1.29, 1.82) is 0 Å². The molecule has 7 heteroatoms. The summed E-state index contributed by atoms with van der Waals surface area (Å²) >= 11 is 0. The molecule has 0 spiro atoms. The number of hydrogen-bond acceptors (Lipinski definition) is 4. The Kier molecular flexibility index (Phi) is 5.63. The molecule has 3 aromatic rings. The molecule has 3 rings (SSSR count). The lowest BCUT2D eigenvalue weighted by molar-refractivity contribution is 0.0955. The maximum absolute atomic E-state index is 12.3. The first-order valence-corrected chi connectivity index (χ1v) is 9.59. The summed E-state index contributed by atoms with van der Waals surface area (Å²) in [6.45, 7) is 0. The first kappa shape index (κ1) is 18.3. The fourth-order valence-electron chi connectivity index (χ4n) is 2.27. The van der Waals surface area contributed by atoms with E-state index in [9.17, 15) is 13.2 Å². The van der Waals surface area contributed by atoms with Gasteiger partial charge in [-0.05, 0) is 42.0 Å². The zero-order valence-electron chi connectivity index (χ0n) is 14.2. The van der Waals surface area contributed by atoms with Gasteiger partial charge in [-0.15, -0.1) is 0 Å². The van der Waals surface area contributed by atoms with Crippen molar-refractivity contribution in [3.05, 3.63) is 96.1 Å². The Morgan fingerprint density at radius 3 is 2.04 bits per heavy atom. The van der Waals surface area contributed by atoms with E-state index in [0.717, 1.165) is 5.56 Å². The van der Waals surface area contributed by atoms with Gasteiger partial charge in [-0.3, -0.25) is 9.52 Å². The highest BCUT2D eigenvalue weighted by Gasteiger charge is 2.13. The second-order valence-corrected chi connectivity index (χ2v) is 7.29. The van der Waals surface area contributed by atoms with E-state index in [1.54, 1.807) is 24.4 Å². The van der Waals surface area contributed by atoms with E-state index < -0.39 is 10.0 Å². The van der Waals surface area contributed by atoms with Crippen LogP contribution >= 0.6 is 0 Å². The van der Waals surface area contributed by atoms with Crippen LogP contribution in [-0.4, -0.2) is 20.5 Å². The van der Waals surface area contributed by atoms with Crippen molar-refractivity contribution in [3.8, 4) is 0 Å². The van der Waals surface area contributed by atoms with Gasteiger partial charge in [-0.2, -0.15) is 5.10 Å². The smallest absolute Gasteiger partial charge is 0.271 e. The Balaban J connectivity index is 1.63. The van der Waals surface area contributed by atoms with Crippen molar-refractivity contribution in [2.24, 2.45) is 5.10 Å². The molecule has 0 atom stereocenters. The molecule has 0 radical (unpaired) electrons. The minimum atomic E-state index is -3.67. The van der Waals surface area contributed by atoms with E-state index >= 15 is 0 Å². The fourth-order valence-corrected chi connectivity index (χ4v) is 3.35. The second kappa shape index (κ2) is 8.29. The quantitative estimate of drug-likeness (QED) is 0.509. The van der Waals surface area contributed by atoms with Gasteiger partial charge >= 0.3 is 0 Å². The Hall–Kier alpha value is -3.45. The van der Waals surface area contributed by atoms with Crippen LogP contribution in [0.5, 0.6) is 0 Å². The summed E-state index contributed by atoms with van der Waals surface area (Å²) in [4.78, 5) is 12.3. The molecule has 2 N–H and O–H groups in total. The highest BCUT2D eigenvalue weighted by atomic mass is 32.2. The number of nitrogens with zero attached hydrogens (tertiary/aromatic N) is 1. The molecule has 27 heavy (non-hydrogen) atoms. The lowest BCUT2D eigenvalue weighted by atomic mass is 10.2. The maximum atomic E-state index is 12.3. The van der Waals surface area contributed by atoms with E-state index in [2.05, 4.69) is 15.2 Å². The lowest BCUT2D eigenvalue weighted by Gasteiger charge is -2.08. The van der Waals surface area contributed by atoms with Crippen molar-refractivity contribution in [1.82, 2.24) is 5.43 Å². The van der Waals surface area contributed by atoms with Crippen LogP contribution in [-0.2, 0) is 10.0 Å². The Morgan fingerprint density at radius 1 is 0.815 bits per heavy atom. The zero-order chi connectivity index (χ0) is 19.1. The molecule has 1 amide bonds. The summed E-state index contributed by atoms with van der Waals surface area (Å²) in [6, 6.07) is 23.5. The first-order valence-electron chi connectivity index (χ1n) is 8.11. The van der Waals surface area contributed by atoms with Crippen LogP contribution in [0.3, 0.4) is 0 Å². The average Bonchev–Trinajstić information content (AvgIpc) is 2.70. The van der Waals surface area contributed by atoms with Crippen LogP contribution in [0.1, 0.15) is 15.9 Å². The molecule has 0 aromatic heterocycles. The van der Waals surface area contributed by atoms with Gasteiger partial charge in [0.05, 0.1) is 11.1 Å². The molecule has 0 aliphatic heterocycles. The summed E-state index contributed by atoms with van der Waals surface area (Å²) in [5.41, 5.74) is 4.03. The number of sulfonamides is 1. The van der Waals surface area contributed by atoms with Gasteiger partial charge in [0.25, 0.3) is 15.9 Å². The Labute approximate surface area is 157 Å². The van der Waals surface area contributed by atoms with E-state index in [-0.39, 0.29) is 10.8 Å². The fraction of sp³-hybridized carbons (Fsp3) is 0. The van der Waals surface area contributed by atoms with E-state index in [0.29, 0.717) is 11.3 Å². The zero-order valence-corrected chi connectivity index (χ0v) is 15.1. The summed E-state index contributed by atoms with van der Waals surface area (Å²) < 4.78 is 27.1. The number of amides is 1. The van der Waals surface area contributed by atoms with Crippen molar-refractivity contribution < 1.29 is 13.2 Å². The minimum Gasteiger partial charge on any atom is -0.280 e. The van der Waals surface area contributed by atoms with Crippen molar-refractivity contribution >= 4 is 27.8 Å². The largest absolute Gasteiger partial charge is 0.280 e. The molecule has 0 fully saturated rings. The number of hydrogen-bond donors (Lipinski definition) is 2. The highest BCUT2D eigenvalue weighted by Crippen LogP contribution is 2.16. The number of rotatable bonds is 6. The van der Waals surface area contributed by atoms with E-state index in [1.807, 2.05) is 30.3 Å². The predicted octanol–water partition coefficient (Wildman–Crippen LogP) is 3.25. The third-order valence-corrected chi connectivity index (χ3v) is 5.03. The molecule has 0 aliphatic rings. The molecule has 0 bridgehead atoms. The van der Waals surface area contributed by atoms with Crippen LogP contribution in [0.4, 0.5) is 5.69 Å². The van der Waals surface area contributed by atoms with Crippen LogP contribution in [0.15, 0.2) is 94.9 Å². The molecule has 0 unspecified atom stereocenters. The van der Waals surface area contributed by atoms with Crippen molar-refractivity contribution in [3.63, 3.8) is 0 Å². The number of nitrogens with one attached hydrogen (secondary N) is 2. The van der Waals surface area contributed by atoms with Gasteiger partial charge in [0.1, 0.15) is 0 Å². The van der Waals surface area contributed by atoms with Crippen LogP contribution in [0.25, 0.3) is 0 Å². The normalized spacial score (nSPS) is 11.3. The van der Waals surface area contributed by atoms with Gasteiger partial charge in [0.2, 0.25) is 0 Å². The predicted molar refractivity (Wildman–Crippen MR) is 105 cm³/mol. The molecule has 0 saturated carbocycles. The third-order valence-electron chi connectivity index (χ3n) is 3.63. The molecule has 0 aliphatic carbocycles. The SMILES string of the molecule is O=C(N/N=C\c1ccccc1)c1ccc(NS(=O)(=O)c2ccccc2)cc1. The summed E-state index contributed by atoms with van der Waals surface area (Å²) in [5, 5.41) is 3.90. The van der Waals surface area contributed by atoms with Gasteiger partial charge in [0, 0.05) is 11.3 Å². The molecule has 3 aromatic carbocycles. The molecule has 0 saturated heterocycles. The molecule has 0 heterocycles. The molecule has 6 nitrogen and oxygen atoms in total. The number of carbonyl (C=O) groups excluding carboxylic acids is 1. The summed E-state index contributed by atoms with van der Waals surface area (Å²) in [6.07, 6.45) is 1.54. The number of carbonyl (C=O) groups is 1.